The Hall–Kier alpha value is -3.73. The summed E-state index contributed by atoms with van der Waals surface area (Å²) in [5.74, 6) is -2.14. The summed E-state index contributed by atoms with van der Waals surface area (Å²) in [5.41, 5.74) is 2.06. The third-order valence-electron chi connectivity index (χ3n) is 3.94. The van der Waals surface area contributed by atoms with E-state index < -0.39 is 17.7 Å². The zero-order valence-electron chi connectivity index (χ0n) is 14.2. The maximum Gasteiger partial charge on any atom is 0.337 e. The molecule has 0 atom stereocenters. The first-order valence-corrected chi connectivity index (χ1v) is 8.21. The van der Waals surface area contributed by atoms with E-state index in [4.69, 9.17) is 5.11 Å². The molecule has 0 saturated carbocycles. The monoisotopic (exact) mass is 361 g/mol. The number of carboxylic acids is 1. The van der Waals surface area contributed by atoms with Gasteiger partial charge in [0.2, 0.25) is 5.91 Å². The Balaban J connectivity index is 1.74. The summed E-state index contributed by atoms with van der Waals surface area (Å²) in [6.07, 6.45) is 2.52. The molecule has 3 aromatic rings. The molecule has 0 heterocycles. The maximum absolute atomic E-state index is 14.3. The molecule has 0 aromatic heterocycles. The lowest BCUT2D eigenvalue weighted by Gasteiger charge is -2.06. The van der Waals surface area contributed by atoms with Crippen LogP contribution in [-0.4, -0.2) is 17.0 Å². The van der Waals surface area contributed by atoms with Gasteiger partial charge in [-0.15, -0.1) is 0 Å². The molecule has 0 fully saturated rings. The fourth-order valence-corrected chi connectivity index (χ4v) is 2.59. The summed E-state index contributed by atoms with van der Waals surface area (Å²) in [6.45, 7) is 0. The van der Waals surface area contributed by atoms with Crippen LogP contribution in [0, 0.1) is 5.82 Å². The standard InChI is InChI=1S/C22H16FNO3/c23-19-14-17(15-6-2-1-3-7-15)11-10-16(19)12-13-21(25)24-20-9-5-4-8-18(20)22(26)27/h1-14H,(H,24,25)(H,26,27)/b13-12+. The van der Waals surface area contributed by atoms with Crippen LogP contribution in [0.25, 0.3) is 17.2 Å². The van der Waals surface area contributed by atoms with Crippen molar-refractivity contribution in [2.45, 2.75) is 0 Å². The van der Waals surface area contributed by atoms with E-state index in [2.05, 4.69) is 5.32 Å². The van der Waals surface area contributed by atoms with Crippen molar-refractivity contribution in [3.63, 3.8) is 0 Å². The molecule has 0 radical (unpaired) electrons. The van der Waals surface area contributed by atoms with Crippen LogP contribution in [0.1, 0.15) is 15.9 Å². The van der Waals surface area contributed by atoms with Crippen molar-refractivity contribution >= 4 is 23.6 Å². The average Bonchev–Trinajstić information content (AvgIpc) is 2.68. The molecular weight excluding hydrogens is 345 g/mol. The van der Waals surface area contributed by atoms with Crippen LogP contribution in [0.3, 0.4) is 0 Å². The number of carbonyl (C=O) groups excluding carboxylic acids is 1. The molecule has 3 rings (SSSR count). The molecule has 0 saturated heterocycles. The van der Waals surface area contributed by atoms with Gasteiger partial charge in [0.25, 0.3) is 0 Å². The second kappa shape index (κ2) is 8.10. The number of anilines is 1. The fraction of sp³-hybridized carbons (Fsp3) is 0. The van der Waals surface area contributed by atoms with E-state index in [-0.39, 0.29) is 16.8 Å². The van der Waals surface area contributed by atoms with E-state index >= 15 is 0 Å². The van der Waals surface area contributed by atoms with Crippen molar-refractivity contribution in [3.8, 4) is 11.1 Å². The highest BCUT2D eigenvalue weighted by atomic mass is 19.1. The number of benzene rings is 3. The van der Waals surface area contributed by atoms with Crippen molar-refractivity contribution < 1.29 is 19.1 Å². The van der Waals surface area contributed by atoms with Crippen molar-refractivity contribution in [2.75, 3.05) is 5.32 Å². The molecule has 2 N–H and O–H groups in total. The Morgan fingerprint density at radius 2 is 1.59 bits per heavy atom. The Bertz CT molecular complexity index is 1010. The molecule has 0 aliphatic heterocycles. The number of rotatable bonds is 5. The van der Waals surface area contributed by atoms with Gasteiger partial charge in [0.05, 0.1) is 11.3 Å². The second-order valence-corrected chi connectivity index (χ2v) is 5.78. The molecular formula is C22H16FNO3. The third kappa shape index (κ3) is 4.46. The molecule has 0 bridgehead atoms. The number of carbonyl (C=O) groups is 2. The summed E-state index contributed by atoms with van der Waals surface area (Å²) in [7, 11) is 0. The predicted octanol–water partition coefficient (Wildman–Crippen LogP) is 4.84. The lowest BCUT2D eigenvalue weighted by Crippen LogP contribution is -2.11. The van der Waals surface area contributed by atoms with Crippen LogP contribution < -0.4 is 5.32 Å². The summed E-state index contributed by atoms with van der Waals surface area (Å²) in [4.78, 5) is 23.2. The quantitative estimate of drug-likeness (QED) is 0.639. The first-order valence-electron chi connectivity index (χ1n) is 8.21. The highest BCUT2D eigenvalue weighted by molar-refractivity contribution is 6.06. The van der Waals surface area contributed by atoms with Crippen LogP contribution in [0.5, 0.6) is 0 Å². The number of aromatic carboxylic acids is 1. The number of amides is 1. The third-order valence-corrected chi connectivity index (χ3v) is 3.94. The average molecular weight is 361 g/mol. The van der Waals surface area contributed by atoms with Gasteiger partial charge in [0.1, 0.15) is 5.82 Å². The minimum absolute atomic E-state index is 0.0161. The van der Waals surface area contributed by atoms with Gasteiger partial charge in [-0.25, -0.2) is 9.18 Å². The first-order chi connectivity index (χ1) is 13.0. The molecule has 0 aliphatic rings. The Kier molecular flexibility index (Phi) is 5.42. The lowest BCUT2D eigenvalue weighted by molar-refractivity contribution is -0.111. The normalized spacial score (nSPS) is 10.7. The summed E-state index contributed by atoms with van der Waals surface area (Å²) in [5, 5.41) is 11.6. The van der Waals surface area contributed by atoms with Gasteiger partial charge >= 0.3 is 5.97 Å². The highest BCUT2D eigenvalue weighted by Crippen LogP contribution is 2.22. The molecule has 134 valence electrons. The minimum Gasteiger partial charge on any atom is -0.478 e. The molecule has 5 heteroatoms. The SMILES string of the molecule is O=C(/C=C/c1ccc(-c2ccccc2)cc1F)Nc1ccccc1C(=O)O. The highest BCUT2D eigenvalue weighted by Gasteiger charge is 2.10. The molecule has 0 unspecified atom stereocenters. The zero-order valence-corrected chi connectivity index (χ0v) is 14.2. The Morgan fingerprint density at radius 3 is 2.30 bits per heavy atom. The Labute approximate surface area is 155 Å². The van der Waals surface area contributed by atoms with Gasteiger partial charge in [-0.05, 0) is 35.4 Å². The summed E-state index contributed by atoms with van der Waals surface area (Å²) in [6, 6.07) is 20.3. The summed E-state index contributed by atoms with van der Waals surface area (Å²) < 4.78 is 14.3. The first kappa shape index (κ1) is 18.1. The fourth-order valence-electron chi connectivity index (χ4n) is 2.59. The molecule has 3 aromatic carbocycles. The molecule has 0 spiro atoms. The number of carboxylic acid groups (broad SMARTS) is 1. The molecule has 0 aliphatic carbocycles. The number of halogens is 1. The van der Waals surface area contributed by atoms with Gasteiger partial charge in [-0.1, -0.05) is 54.6 Å². The van der Waals surface area contributed by atoms with E-state index in [1.54, 1.807) is 24.3 Å². The van der Waals surface area contributed by atoms with Crippen molar-refractivity contribution in [3.05, 3.63) is 95.8 Å². The van der Waals surface area contributed by atoms with Crippen molar-refractivity contribution in [1.82, 2.24) is 0 Å². The Morgan fingerprint density at radius 1 is 0.889 bits per heavy atom. The van der Waals surface area contributed by atoms with E-state index in [0.717, 1.165) is 11.1 Å². The molecule has 27 heavy (non-hydrogen) atoms. The number of nitrogens with one attached hydrogen (secondary N) is 1. The van der Waals surface area contributed by atoms with E-state index in [0.29, 0.717) is 0 Å². The summed E-state index contributed by atoms with van der Waals surface area (Å²) >= 11 is 0. The van der Waals surface area contributed by atoms with E-state index in [9.17, 15) is 14.0 Å². The van der Waals surface area contributed by atoms with Crippen molar-refractivity contribution in [1.29, 1.82) is 0 Å². The largest absolute Gasteiger partial charge is 0.478 e. The van der Waals surface area contributed by atoms with Crippen molar-refractivity contribution in [2.24, 2.45) is 0 Å². The molecule has 1 amide bonds. The number of hydrogen-bond acceptors (Lipinski definition) is 2. The lowest BCUT2D eigenvalue weighted by atomic mass is 10.0. The minimum atomic E-state index is -1.14. The van der Waals surface area contributed by atoms with Crippen LogP contribution >= 0.6 is 0 Å². The second-order valence-electron chi connectivity index (χ2n) is 5.78. The van der Waals surface area contributed by atoms with Gasteiger partial charge < -0.3 is 10.4 Å². The topological polar surface area (TPSA) is 66.4 Å². The number of para-hydroxylation sites is 1. The van der Waals surface area contributed by atoms with Crippen LogP contribution in [0.15, 0.2) is 78.9 Å². The maximum atomic E-state index is 14.3. The van der Waals surface area contributed by atoms with Crippen LogP contribution in [0.2, 0.25) is 0 Å². The van der Waals surface area contributed by atoms with Gasteiger partial charge in [-0.3, -0.25) is 4.79 Å². The van der Waals surface area contributed by atoms with E-state index in [1.165, 1.54) is 30.4 Å². The predicted molar refractivity (Wildman–Crippen MR) is 103 cm³/mol. The van der Waals surface area contributed by atoms with Gasteiger partial charge in [0.15, 0.2) is 0 Å². The zero-order chi connectivity index (χ0) is 19.2. The molecule has 4 nitrogen and oxygen atoms in total. The van der Waals surface area contributed by atoms with Crippen LogP contribution in [-0.2, 0) is 4.79 Å². The van der Waals surface area contributed by atoms with Crippen LogP contribution in [0.4, 0.5) is 10.1 Å². The van der Waals surface area contributed by atoms with Gasteiger partial charge in [0, 0.05) is 11.6 Å². The van der Waals surface area contributed by atoms with Gasteiger partial charge in [-0.2, -0.15) is 0 Å². The number of hydrogen-bond donors (Lipinski definition) is 2. The van der Waals surface area contributed by atoms with E-state index in [1.807, 2.05) is 30.3 Å². The smallest absolute Gasteiger partial charge is 0.337 e.